The first-order chi connectivity index (χ1) is 13.5. The fourth-order valence-electron chi connectivity index (χ4n) is 3.34. The summed E-state index contributed by atoms with van der Waals surface area (Å²) in [5, 5.41) is 0. The zero-order valence-corrected chi connectivity index (χ0v) is 16.6. The second-order valence-electron chi connectivity index (χ2n) is 7.39. The van der Waals surface area contributed by atoms with Crippen molar-refractivity contribution in [2.45, 2.75) is 32.9 Å². The number of halogens is 3. The summed E-state index contributed by atoms with van der Waals surface area (Å²) in [5.41, 5.74) is -1.59. The Labute approximate surface area is 165 Å². The Hall–Kier alpha value is -2.84. The summed E-state index contributed by atoms with van der Waals surface area (Å²) < 4.78 is 47.1. The van der Waals surface area contributed by atoms with Crippen molar-refractivity contribution in [3.8, 4) is 5.75 Å². The first kappa shape index (κ1) is 20.9. The Balaban J connectivity index is 2.09. The van der Waals surface area contributed by atoms with Crippen LogP contribution in [-0.2, 0) is 20.3 Å². The molecule has 1 heterocycles. The van der Waals surface area contributed by atoms with Crippen LogP contribution in [0.2, 0.25) is 0 Å². The Morgan fingerprint density at radius 2 is 1.86 bits per heavy atom. The highest BCUT2D eigenvalue weighted by atomic mass is 19.4. The lowest BCUT2D eigenvalue weighted by Gasteiger charge is -2.34. The van der Waals surface area contributed by atoms with Gasteiger partial charge in [-0.15, -0.1) is 0 Å². The van der Waals surface area contributed by atoms with E-state index in [0.717, 1.165) is 29.5 Å². The van der Waals surface area contributed by atoms with E-state index in [0.29, 0.717) is 0 Å². The molecule has 3 rings (SSSR count). The van der Waals surface area contributed by atoms with Crippen LogP contribution in [0.15, 0.2) is 38.8 Å². The molecular formula is C20H22F3N3O3. The van der Waals surface area contributed by atoms with E-state index >= 15 is 0 Å². The molecule has 1 fully saturated rings. The van der Waals surface area contributed by atoms with Crippen molar-refractivity contribution in [3.63, 3.8) is 0 Å². The fourth-order valence-corrected chi connectivity index (χ4v) is 3.34. The minimum Gasteiger partial charge on any atom is -0.443 e. The molecule has 1 aromatic carbocycles. The Morgan fingerprint density at radius 3 is 2.41 bits per heavy atom. The quantitative estimate of drug-likeness (QED) is 0.575. The zero-order chi connectivity index (χ0) is 21.5. The maximum absolute atomic E-state index is 13.0. The molecule has 0 amide bonds. The van der Waals surface area contributed by atoms with Gasteiger partial charge >= 0.3 is 11.9 Å². The highest BCUT2D eigenvalue weighted by Crippen LogP contribution is 2.37. The minimum absolute atomic E-state index is 0.00385. The largest absolute Gasteiger partial charge is 0.443 e. The Bertz CT molecular complexity index is 1050. The molecule has 2 atom stereocenters. The van der Waals surface area contributed by atoms with Gasteiger partial charge in [0.2, 0.25) is 0 Å². The molecule has 0 saturated heterocycles. The lowest BCUT2D eigenvalue weighted by molar-refractivity contribution is -0.137. The average Bonchev–Trinajstić information content (AvgIpc) is 2.66. The summed E-state index contributed by atoms with van der Waals surface area (Å²) in [6, 6.07) is 4.56. The number of ether oxygens (including phenoxy) is 1. The molecule has 1 aliphatic rings. The molecule has 2 unspecified atom stereocenters. The monoisotopic (exact) mass is 409 g/mol. The number of rotatable bonds is 3. The molecule has 9 heteroatoms. The van der Waals surface area contributed by atoms with Crippen LogP contribution in [0.3, 0.4) is 0 Å². The summed E-state index contributed by atoms with van der Waals surface area (Å²) in [6.07, 6.45) is -2.80. The highest BCUT2D eigenvalue weighted by molar-refractivity contribution is 5.84. The van der Waals surface area contributed by atoms with Gasteiger partial charge in [-0.2, -0.15) is 18.2 Å². The van der Waals surface area contributed by atoms with Crippen LogP contribution < -0.4 is 16.0 Å². The molecule has 0 aliphatic heterocycles. The van der Waals surface area contributed by atoms with E-state index < -0.39 is 23.0 Å². The maximum atomic E-state index is 13.0. The lowest BCUT2D eigenvalue weighted by atomic mass is 9.75. The number of alkyl halides is 3. The average molecular weight is 409 g/mol. The maximum Gasteiger partial charge on any atom is 0.416 e. The number of hydrogen-bond donors (Lipinski definition) is 0. The molecule has 1 aromatic heterocycles. The third kappa shape index (κ3) is 3.99. The molecule has 0 N–H and O–H groups in total. The van der Waals surface area contributed by atoms with Crippen molar-refractivity contribution in [1.82, 2.24) is 9.13 Å². The van der Waals surface area contributed by atoms with Gasteiger partial charge in [-0.3, -0.25) is 13.9 Å². The standard InChI is InChI=1S/C20H22F3N3O3/c1-11-8-9-15(11)17(29-14-7-5-6-13(10-14)20(21,22)23)24-16-12(2)18(27)26(4)19(28)25(16)3/h5-7,10-11,15H,8-9H2,1-4H3/b24-17+. The van der Waals surface area contributed by atoms with Gasteiger partial charge in [-0.05, 0) is 43.9 Å². The van der Waals surface area contributed by atoms with E-state index in [1.54, 1.807) is 6.92 Å². The highest BCUT2D eigenvalue weighted by Gasteiger charge is 2.35. The van der Waals surface area contributed by atoms with Gasteiger partial charge in [-0.25, -0.2) is 4.79 Å². The van der Waals surface area contributed by atoms with Crippen molar-refractivity contribution in [2.75, 3.05) is 0 Å². The van der Waals surface area contributed by atoms with Crippen molar-refractivity contribution in [3.05, 3.63) is 56.2 Å². The van der Waals surface area contributed by atoms with E-state index in [1.165, 1.54) is 30.8 Å². The van der Waals surface area contributed by atoms with Crippen LogP contribution in [-0.4, -0.2) is 15.0 Å². The second-order valence-corrected chi connectivity index (χ2v) is 7.39. The number of nitrogens with zero attached hydrogens (tertiary/aromatic N) is 3. The van der Waals surface area contributed by atoms with Crippen LogP contribution >= 0.6 is 0 Å². The van der Waals surface area contributed by atoms with Crippen molar-refractivity contribution in [2.24, 2.45) is 30.9 Å². The molecular weight excluding hydrogens is 387 g/mol. The normalized spacial score (nSPS) is 19.8. The van der Waals surface area contributed by atoms with Crippen LogP contribution in [0.5, 0.6) is 5.75 Å². The van der Waals surface area contributed by atoms with Gasteiger partial charge in [-0.1, -0.05) is 13.0 Å². The summed E-state index contributed by atoms with van der Waals surface area (Å²) in [6.45, 7) is 3.54. The van der Waals surface area contributed by atoms with Crippen LogP contribution in [0.4, 0.5) is 19.0 Å². The molecule has 1 aliphatic carbocycles. The minimum atomic E-state index is -4.49. The molecule has 6 nitrogen and oxygen atoms in total. The Morgan fingerprint density at radius 1 is 1.17 bits per heavy atom. The van der Waals surface area contributed by atoms with Gasteiger partial charge in [0, 0.05) is 20.0 Å². The molecule has 156 valence electrons. The van der Waals surface area contributed by atoms with Gasteiger partial charge in [0.1, 0.15) is 11.6 Å². The van der Waals surface area contributed by atoms with Crippen molar-refractivity contribution < 1.29 is 17.9 Å². The first-order valence-corrected chi connectivity index (χ1v) is 9.21. The second kappa shape index (κ2) is 7.53. The number of hydrogen-bond acceptors (Lipinski definition) is 4. The summed E-state index contributed by atoms with van der Waals surface area (Å²) in [4.78, 5) is 29.0. The molecule has 0 bridgehead atoms. The smallest absolute Gasteiger partial charge is 0.416 e. The summed E-state index contributed by atoms with van der Waals surface area (Å²) >= 11 is 0. The predicted molar refractivity (Wildman–Crippen MR) is 103 cm³/mol. The van der Waals surface area contributed by atoms with Crippen molar-refractivity contribution >= 4 is 11.7 Å². The predicted octanol–water partition coefficient (Wildman–Crippen LogP) is 3.57. The fraction of sp³-hybridized carbons (Fsp3) is 0.450. The molecule has 29 heavy (non-hydrogen) atoms. The topological polar surface area (TPSA) is 65.6 Å². The first-order valence-electron chi connectivity index (χ1n) is 9.21. The number of benzene rings is 1. The SMILES string of the molecule is Cc1c(/N=C(/Oc2cccc(C(F)(F)F)c2)C2CCC2C)n(C)c(=O)n(C)c1=O. The third-order valence-corrected chi connectivity index (χ3v) is 5.39. The van der Waals surface area contributed by atoms with Crippen molar-refractivity contribution in [1.29, 1.82) is 0 Å². The molecule has 1 saturated carbocycles. The number of aromatic nitrogens is 2. The van der Waals surface area contributed by atoms with Gasteiger partial charge in [0.15, 0.2) is 5.90 Å². The van der Waals surface area contributed by atoms with E-state index in [9.17, 15) is 22.8 Å². The molecule has 2 aromatic rings. The molecule has 0 spiro atoms. The third-order valence-electron chi connectivity index (χ3n) is 5.39. The molecule has 0 radical (unpaired) electrons. The zero-order valence-electron chi connectivity index (χ0n) is 16.6. The summed E-state index contributed by atoms with van der Waals surface area (Å²) in [7, 11) is 2.86. The lowest BCUT2D eigenvalue weighted by Crippen LogP contribution is -2.39. The van der Waals surface area contributed by atoms with E-state index in [1.807, 2.05) is 6.92 Å². The van der Waals surface area contributed by atoms with Gasteiger partial charge in [0.05, 0.1) is 11.1 Å². The Kier molecular flexibility index (Phi) is 5.42. The van der Waals surface area contributed by atoms with Crippen LogP contribution in [0.25, 0.3) is 0 Å². The van der Waals surface area contributed by atoms with E-state index in [-0.39, 0.29) is 34.9 Å². The van der Waals surface area contributed by atoms with E-state index in [4.69, 9.17) is 4.74 Å². The van der Waals surface area contributed by atoms with Gasteiger partial charge < -0.3 is 4.74 Å². The van der Waals surface area contributed by atoms with E-state index in [2.05, 4.69) is 4.99 Å². The van der Waals surface area contributed by atoms with Gasteiger partial charge in [0.25, 0.3) is 5.56 Å². The summed E-state index contributed by atoms with van der Waals surface area (Å²) in [5.74, 6) is 0.462. The van der Waals surface area contributed by atoms with Crippen LogP contribution in [0.1, 0.15) is 30.9 Å². The number of aliphatic imine (C=N–C) groups is 1. The van der Waals surface area contributed by atoms with Crippen LogP contribution in [0, 0.1) is 18.8 Å².